The number of aryl methyl sites for hydroxylation is 1. The molecule has 0 aliphatic carbocycles. The highest BCUT2D eigenvalue weighted by molar-refractivity contribution is 7.55. The van der Waals surface area contributed by atoms with Gasteiger partial charge in [0.2, 0.25) is 0 Å². The molecule has 0 spiro atoms. The van der Waals surface area contributed by atoms with Crippen molar-refractivity contribution in [1.29, 1.82) is 0 Å². The molecule has 2 rings (SSSR count). The summed E-state index contributed by atoms with van der Waals surface area (Å²) in [6.45, 7) is 6.28. The van der Waals surface area contributed by atoms with Crippen molar-refractivity contribution in [2.45, 2.75) is 26.6 Å². The van der Waals surface area contributed by atoms with Crippen LogP contribution in [0.15, 0.2) is 60.7 Å². The van der Waals surface area contributed by atoms with E-state index in [1.54, 1.807) is 0 Å². The third-order valence-corrected chi connectivity index (χ3v) is 5.90. The van der Waals surface area contributed by atoms with E-state index < -0.39 is 13.4 Å². The minimum absolute atomic E-state index is 0.322. The maximum absolute atomic E-state index is 13.3. The molecule has 1 unspecified atom stereocenters. The Morgan fingerprint density at radius 2 is 1.60 bits per heavy atom. The zero-order valence-corrected chi connectivity index (χ0v) is 15.9. The highest BCUT2D eigenvalue weighted by atomic mass is 31.2. The molecule has 0 heterocycles. The van der Waals surface area contributed by atoms with Gasteiger partial charge in [-0.3, -0.25) is 4.57 Å². The van der Waals surface area contributed by atoms with Crippen LogP contribution in [0, 0.1) is 6.92 Å². The van der Waals surface area contributed by atoms with Gasteiger partial charge in [-0.25, -0.2) is 0 Å². The quantitative estimate of drug-likeness (QED) is 0.582. The standard InChI is InChI=1S/C20H26NO3P/c1-4-23-25(22,24-5-2)20(16-15-18-12-7-6-8-13-18)21-19-14-10-9-11-17(19)3/h6-16,20-21H,4-5H2,1-3H3/b16-15+. The average molecular weight is 359 g/mol. The predicted molar refractivity (Wildman–Crippen MR) is 105 cm³/mol. The Bertz CT molecular complexity index is 721. The van der Waals surface area contributed by atoms with Gasteiger partial charge < -0.3 is 14.4 Å². The third-order valence-electron chi connectivity index (χ3n) is 3.68. The van der Waals surface area contributed by atoms with Gasteiger partial charge in [-0.2, -0.15) is 0 Å². The largest absolute Gasteiger partial charge is 0.368 e. The van der Waals surface area contributed by atoms with Crippen LogP contribution in [0.25, 0.3) is 6.08 Å². The van der Waals surface area contributed by atoms with Crippen molar-refractivity contribution in [2.75, 3.05) is 18.5 Å². The molecule has 0 aliphatic heterocycles. The minimum Gasteiger partial charge on any atom is -0.368 e. The molecule has 0 amide bonds. The van der Waals surface area contributed by atoms with E-state index in [2.05, 4.69) is 5.32 Å². The van der Waals surface area contributed by atoms with Crippen LogP contribution in [-0.4, -0.2) is 19.0 Å². The van der Waals surface area contributed by atoms with Crippen LogP contribution in [0.2, 0.25) is 0 Å². The molecule has 0 fully saturated rings. The fraction of sp³-hybridized carbons (Fsp3) is 0.300. The maximum atomic E-state index is 13.3. The van der Waals surface area contributed by atoms with Gasteiger partial charge in [0.25, 0.3) is 0 Å². The summed E-state index contributed by atoms with van der Waals surface area (Å²) < 4.78 is 24.4. The van der Waals surface area contributed by atoms with Gasteiger partial charge in [-0.15, -0.1) is 0 Å². The lowest BCUT2D eigenvalue weighted by Crippen LogP contribution is -2.21. The van der Waals surface area contributed by atoms with Gasteiger partial charge in [0, 0.05) is 5.69 Å². The average Bonchev–Trinajstić information content (AvgIpc) is 2.61. The van der Waals surface area contributed by atoms with Gasteiger partial charge in [0.1, 0.15) is 5.78 Å². The lowest BCUT2D eigenvalue weighted by atomic mass is 10.2. The molecule has 5 heteroatoms. The summed E-state index contributed by atoms with van der Waals surface area (Å²) in [7, 11) is -3.35. The van der Waals surface area contributed by atoms with Crippen LogP contribution in [-0.2, 0) is 13.6 Å². The summed E-state index contributed by atoms with van der Waals surface area (Å²) in [6, 6.07) is 17.8. The summed E-state index contributed by atoms with van der Waals surface area (Å²) in [5.74, 6) is -0.575. The van der Waals surface area contributed by atoms with Crippen molar-refractivity contribution in [2.24, 2.45) is 0 Å². The van der Waals surface area contributed by atoms with Gasteiger partial charge in [0.05, 0.1) is 13.2 Å². The highest BCUT2D eigenvalue weighted by Gasteiger charge is 2.34. The minimum atomic E-state index is -3.35. The van der Waals surface area contributed by atoms with Crippen LogP contribution in [0.1, 0.15) is 25.0 Å². The molecular weight excluding hydrogens is 333 g/mol. The van der Waals surface area contributed by atoms with Crippen LogP contribution in [0.5, 0.6) is 0 Å². The van der Waals surface area contributed by atoms with Crippen molar-refractivity contribution in [3.05, 3.63) is 71.8 Å². The number of para-hydroxylation sites is 1. The molecular formula is C20H26NO3P. The second-order valence-corrected chi connectivity index (χ2v) is 7.70. The van der Waals surface area contributed by atoms with Gasteiger partial charge in [0.15, 0.2) is 0 Å². The topological polar surface area (TPSA) is 47.6 Å². The van der Waals surface area contributed by atoms with Crippen molar-refractivity contribution in [3.8, 4) is 0 Å². The summed E-state index contributed by atoms with van der Waals surface area (Å²) in [5, 5.41) is 3.33. The smallest absolute Gasteiger partial charge is 0.356 e. The number of nitrogens with one attached hydrogen (secondary N) is 1. The van der Waals surface area contributed by atoms with E-state index in [1.807, 2.05) is 87.5 Å². The Morgan fingerprint density at radius 3 is 2.20 bits per heavy atom. The molecule has 0 saturated heterocycles. The maximum Gasteiger partial charge on any atom is 0.356 e. The molecule has 0 aromatic heterocycles. The van der Waals surface area contributed by atoms with Crippen LogP contribution in [0.3, 0.4) is 0 Å². The van der Waals surface area contributed by atoms with Crippen molar-refractivity contribution >= 4 is 19.4 Å². The molecule has 0 radical (unpaired) electrons. The summed E-state index contributed by atoms with van der Waals surface area (Å²) in [6.07, 6.45) is 3.79. The Labute approximate surface area is 150 Å². The second-order valence-electron chi connectivity index (χ2n) is 5.55. The SMILES string of the molecule is CCOP(=O)(OCC)C(/C=C/c1ccccc1)Nc1ccccc1C. The summed E-state index contributed by atoms with van der Waals surface area (Å²) in [5.41, 5.74) is 3.00. The Hall–Kier alpha value is -1.87. The van der Waals surface area contributed by atoms with Crippen LogP contribution >= 0.6 is 7.60 Å². The highest BCUT2D eigenvalue weighted by Crippen LogP contribution is 2.53. The van der Waals surface area contributed by atoms with E-state index in [4.69, 9.17) is 9.05 Å². The fourth-order valence-electron chi connectivity index (χ4n) is 2.45. The number of anilines is 1. The fourth-order valence-corrected chi connectivity index (χ4v) is 4.16. The molecule has 0 saturated carbocycles. The molecule has 0 bridgehead atoms. The monoisotopic (exact) mass is 359 g/mol. The normalized spacial score (nSPS) is 13.1. The van der Waals surface area contributed by atoms with E-state index in [1.165, 1.54) is 0 Å². The summed E-state index contributed by atoms with van der Waals surface area (Å²) >= 11 is 0. The second kappa shape index (κ2) is 9.57. The van der Waals surface area contributed by atoms with Crippen LogP contribution in [0.4, 0.5) is 5.69 Å². The predicted octanol–water partition coefficient (Wildman–Crippen LogP) is 5.71. The first kappa shape index (κ1) is 19.5. The molecule has 0 aliphatic rings. The van der Waals surface area contributed by atoms with Gasteiger partial charge in [-0.1, -0.05) is 54.6 Å². The van der Waals surface area contributed by atoms with Crippen molar-refractivity contribution < 1.29 is 13.6 Å². The number of hydrogen-bond acceptors (Lipinski definition) is 4. The van der Waals surface area contributed by atoms with Gasteiger partial charge >= 0.3 is 7.60 Å². The molecule has 1 N–H and O–H groups in total. The number of rotatable bonds is 9. The molecule has 2 aromatic carbocycles. The van der Waals surface area contributed by atoms with Crippen molar-refractivity contribution in [3.63, 3.8) is 0 Å². The zero-order chi connectivity index (χ0) is 18.1. The first-order chi connectivity index (χ1) is 12.1. The first-order valence-electron chi connectivity index (χ1n) is 8.53. The molecule has 25 heavy (non-hydrogen) atoms. The van der Waals surface area contributed by atoms with Crippen molar-refractivity contribution in [1.82, 2.24) is 0 Å². The summed E-state index contributed by atoms with van der Waals surface area (Å²) in [4.78, 5) is 0. The number of hydrogen-bond donors (Lipinski definition) is 1. The lowest BCUT2D eigenvalue weighted by molar-refractivity contribution is 0.217. The molecule has 1 atom stereocenters. The molecule has 4 nitrogen and oxygen atoms in total. The zero-order valence-electron chi connectivity index (χ0n) is 15.0. The molecule has 2 aromatic rings. The third kappa shape index (κ3) is 5.57. The first-order valence-corrected chi connectivity index (χ1v) is 10.1. The Balaban J connectivity index is 2.34. The Kier molecular flexibility index (Phi) is 7.45. The van der Waals surface area contributed by atoms with E-state index in [0.29, 0.717) is 13.2 Å². The van der Waals surface area contributed by atoms with E-state index in [-0.39, 0.29) is 0 Å². The van der Waals surface area contributed by atoms with E-state index >= 15 is 0 Å². The Morgan fingerprint density at radius 1 is 1.00 bits per heavy atom. The van der Waals surface area contributed by atoms with Crippen LogP contribution < -0.4 is 5.32 Å². The van der Waals surface area contributed by atoms with E-state index in [0.717, 1.165) is 16.8 Å². The van der Waals surface area contributed by atoms with Gasteiger partial charge in [-0.05, 0) is 44.0 Å². The lowest BCUT2D eigenvalue weighted by Gasteiger charge is -2.26. The number of benzene rings is 2. The van der Waals surface area contributed by atoms with E-state index in [9.17, 15) is 4.57 Å². The molecule has 134 valence electrons.